The fraction of sp³-hybridized carbons (Fsp3) is 0.0714. The van der Waals surface area contributed by atoms with Crippen molar-refractivity contribution in [2.45, 2.75) is 6.04 Å². The lowest BCUT2D eigenvalue weighted by atomic mass is 10.1. The van der Waals surface area contributed by atoms with Crippen LogP contribution in [0, 0.1) is 5.82 Å². The zero-order valence-corrected chi connectivity index (χ0v) is 12.6. The van der Waals surface area contributed by atoms with E-state index in [0.717, 1.165) is 0 Å². The van der Waals surface area contributed by atoms with Crippen LogP contribution in [0.3, 0.4) is 0 Å². The summed E-state index contributed by atoms with van der Waals surface area (Å²) in [6, 6.07) is 10.2. The summed E-state index contributed by atoms with van der Waals surface area (Å²) < 4.78 is 14.3. The third-order valence-corrected chi connectivity index (χ3v) is 3.95. The molecule has 0 aliphatic heterocycles. The predicted octanol–water partition coefficient (Wildman–Crippen LogP) is 3.88. The topological polar surface area (TPSA) is 55.1 Å². The van der Waals surface area contributed by atoms with Crippen LogP contribution in [0.5, 0.6) is 0 Å². The van der Waals surface area contributed by atoms with E-state index in [1.54, 1.807) is 30.3 Å². The Morgan fingerprint density at radius 2 is 2.00 bits per heavy atom. The molecular weight excluding hydrogens is 347 g/mol. The second-order valence-corrected chi connectivity index (χ2v) is 5.39. The molecule has 20 heavy (non-hydrogen) atoms. The molecule has 0 spiro atoms. The van der Waals surface area contributed by atoms with Crippen molar-refractivity contribution in [1.82, 2.24) is 0 Å². The van der Waals surface area contributed by atoms with Crippen molar-refractivity contribution < 1.29 is 9.18 Å². The molecule has 0 aromatic heterocycles. The predicted molar refractivity (Wildman–Crippen MR) is 81.1 cm³/mol. The highest BCUT2D eigenvalue weighted by atomic mass is 79.9. The van der Waals surface area contributed by atoms with E-state index in [2.05, 4.69) is 21.2 Å². The summed E-state index contributed by atoms with van der Waals surface area (Å²) in [6.45, 7) is 0. The molecule has 0 aliphatic carbocycles. The minimum absolute atomic E-state index is 0.211. The summed E-state index contributed by atoms with van der Waals surface area (Å²) in [5, 5.41) is 3.31. The summed E-state index contributed by atoms with van der Waals surface area (Å²) in [5.74, 6) is -1.06. The molecule has 2 aromatic carbocycles. The van der Waals surface area contributed by atoms with E-state index in [1.165, 1.54) is 12.1 Å². The minimum Gasteiger partial charge on any atom is -0.368 e. The molecule has 0 radical (unpaired) electrons. The maximum absolute atomic E-state index is 13.6. The van der Waals surface area contributed by atoms with Crippen molar-refractivity contribution in [1.29, 1.82) is 0 Å². The average molecular weight is 358 g/mol. The van der Waals surface area contributed by atoms with Gasteiger partial charge < -0.3 is 11.1 Å². The quantitative estimate of drug-likeness (QED) is 0.872. The zero-order valence-electron chi connectivity index (χ0n) is 10.2. The van der Waals surface area contributed by atoms with E-state index in [9.17, 15) is 9.18 Å². The number of amides is 1. The van der Waals surface area contributed by atoms with Crippen LogP contribution in [0.15, 0.2) is 46.9 Å². The summed E-state index contributed by atoms with van der Waals surface area (Å²) >= 11 is 9.18. The number of nitrogens with two attached hydrogens (primary N) is 1. The number of hydrogen-bond acceptors (Lipinski definition) is 2. The van der Waals surface area contributed by atoms with Crippen LogP contribution >= 0.6 is 27.5 Å². The average Bonchev–Trinajstić information content (AvgIpc) is 2.41. The van der Waals surface area contributed by atoms with E-state index in [1.807, 2.05) is 0 Å². The second kappa shape index (κ2) is 6.24. The molecule has 3 N–H and O–H groups in total. The third-order valence-electron chi connectivity index (χ3n) is 2.74. The Hall–Kier alpha value is -1.59. The molecule has 2 rings (SSSR count). The second-order valence-electron chi connectivity index (χ2n) is 4.13. The largest absolute Gasteiger partial charge is 0.368 e. The summed E-state index contributed by atoms with van der Waals surface area (Å²) in [7, 11) is 0. The molecule has 0 aliphatic rings. The Labute approximate surface area is 129 Å². The Balaban J connectivity index is 2.34. The van der Waals surface area contributed by atoms with Gasteiger partial charge in [-0.3, -0.25) is 4.79 Å². The molecule has 104 valence electrons. The van der Waals surface area contributed by atoms with Crippen molar-refractivity contribution in [3.63, 3.8) is 0 Å². The number of halogens is 3. The molecule has 0 saturated carbocycles. The molecule has 0 heterocycles. The minimum atomic E-state index is -0.847. The molecule has 1 unspecified atom stereocenters. The summed E-state index contributed by atoms with van der Waals surface area (Å²) in [5.41, 5.74) is 6.19. The third kappa shape index (κ3) is 3.29. The fourth-order valence-electron chi connectivity index (χ4n) is 1.74. The lowest BCUT2D eigenvalue weighted by Crippen LogP contribution is -2.28. The van der Waals surface area contributed by atoms with Gasteiger partial charge in [-0.1, -0.05) is 29.8 Å². The molecule has 3 nitrogen and oxygen atoms in total. The normalized spacial score (nSPS) is 11.9. The fourth-order valence-corrected chi connectivity index (χ4v) is 2.26. The van der Waals surface area contributed by atoms with E-state index in [0.29, 0.717) is 15.1 Å². The maximum atomic E-state index is 13.6. The van der Waals surface area contributed by atoms with Crippen LogP contribution in [-0.4, -0.2) is 5.91 Å². The number of hydrogen-bond donors (Lipinski definition) is 2. The zero-order chi connectivity index (χ0) is 14.7. The van der Waals surface area contributed by atoms with E-state index < -0.39 is 17.8 Å². The summed E-state index contributed by atoms with van der Waals surface area (Å²) in [6.07, 6.45) is 0. The molecule has 1 atom stereocenters. The van der Waals surface area contributed by atoms with Crippen LogP contribution in [0.4, 0.5) is 10.1 Å². The van der Waals surface area contributed by atoms with Crippen molar-refractivity contribution in [2.75, 3.05) is 5.32 Å². The lowest BCUT2D eigenvalue weighted by Gasteiger charge is -2.18. The van der Waals surface area contributed by atoms with Gasteiger partial charge in [0.15, 0.2) is 0 Å². The molecule has 0 fully saturated rings. The number of rotatable bonds is 4. The monoisotopic (exact) mass is 356 g/mol. The van der Waals surface area contributed by atoms with Crippen molar-refractivity contribution in [2.24, 2.45) is 5.73 Å². The van der Waals surface area contributed by atoms with E-state index in [4.69, 9.17) is 17.3 Å². The molecule has 0 saturated heterocycles. The van der Waals surface area contributed by atoms with Gasteiger partial charge in [0, 0.05) is 4.47 Å². The van der Waals surface area contributed by atoms with Gasteiger partial charge in [-0.2, -0.15) is 0 Å². The van der Waals surface area contributed by atoms with Crippen molar-refractivity contribution in [3.05, 3.63) is 63.3 Å². The Morgan fingerprint density at radius 3 is 2.60 bits per heavy atom. The highest BCUT2D eigenvalue weighted by Crippen LogP contribution is 2.28. The van der Waals surface area contributed by atoms with Crippen LogP contribution in [0.2, 0.25) is 5.02 Å². The number of para-hydroxylation sites is 1. The number of nitrogens with one attached hydrogen (secondary N) is 1. The SMILES string of the molecule is NC(=O)C(Nc1ccccc1F)c1ccc(Cl)c(Br)c1. The van der Waals surface area contributed by atoms with Crippen LogP contribution in [-0.2, 0) is 4.79 Å². The van der Waals surface area contributed by atoms with Gasteiger partial charge in [0.05, 0.1) is 10.7 Å². The van der Waals surface area contributed by atoms with Crippen molar-refractivity contribution >= 4 is 39.1 Å². The first kappa shape index (κ1) is 14.8. The van der Waals surface area contributed by atoms with Gasteiger partial charge >= 0.3 is 0 Å². The number of benzene rings is 2. The van der Waals surface area contributed by atoms with Gasteiger partial charge in [-0.25, -0.2) is 4.39 Å². The van der Waals surface area contributed by atoms with Crippen LogP contribution in [0.25, 0.3) is 0 Å². The number of carbonyl (C=O) groups is 1. The van der Waals surface area contributed by atoms with Crippen molar-refractivity contribution in [3.8, 4) is 0 Å². The summed E-state index contributed by atoms with van der Waals surface area (Å²) in [4.78, 5) is 11.6. The molecule has 6 heteroatoms. The van der Waals surface area contributed by atoms with Gasteiger partial charge in [0.25, 0.3) is 0 Å². The lowest BCUT2D eigenvalue weighted by molar-refractivity contribution is -0.118. The highest BCUT2D eigenvalue weighted by molar-refractivity contribution is 9.10. The maximum Gasteiger partial charge on any atom is 0.244 e. The Morgan fingerprint density at radius 1 is 1.30 bits per heavy atom. The first-order valence-corrected chi connectivity index (χ1v) is 6.91. The molecule has 1 amide bonds. The number of primary amides is 1. The Bertz CT molecular complexity index is 651. The van der Waals surface area contributed by atoms with Gasteiger partial charge in [0.1, 0.15) is 11.9 Å². The first-order valence-electron chi connectivity index (χ1n) is 5.74. The Kier molecular flexibility index (Phi) is 4.62. The standard InChI is InChI=1S/C14H11BrClFN2O/c15-9-7-8(5-6-10(9)16)13(14(18)20)19-12-4-2-1-3-11(12)17/h1-7,13,19H,(H2,18,20). The van der Waals surface area contributed by atoms with E-state index >= 15 is 0 Å². The number of anilines is 1. The molecule has 2 aromatic rings. The van der Waals surface area contributed by atoms with E-state index in [-0.39, 0.29) is 5.69 Å². The van der Waals surface area contributed by atoms with Gasteiger partial charge in [0.2, 0.25) is 5.91 Å². The van der Waals surface area contributed by atoms with Crippen LogP contribution in [0.1, 0.15) is 11.6 Å². The highest BCUT2D eigenvalue weighted by Gasteiger charge is 2.19. The number of carbonyl (C=O) groups excluding carboxylic acids is 1. The first-order chi connectivity index (χ1) is 9.49. The van der Waals surface area contributed by atoms with Gasteiger partial charge in [-0.05, 0) is 45.8 Å². The smallest absolute Gasteiger partial charge is 0.244 e. The molecule has 0 bridgehead atoms. The van der Waals surface area contributed by atoms with Gasteiger partial charge in [-0.15, -0.1) is 0 Å². The van der Waals surface area contributed by atoms with Crippen LogP contribution < -0.4 is 11.1 Å². The molecular formula is C14H11BrClFN2O.